The number of hydrogen-bond donors (Lipinski definition) is 0. The number of hydrogen-bond acceptors (Lipinski definition) is 1. The Morgan fingerprint density at radius 3 is 2.35 bits per heavy atom. The molecule has 2 aromatic carbocycles. The summed E-state index contributed by atoms with van der Waals surface area (Å²) >= 11 is 0. The maximum absolute atomic E-state index is 13.1. The standard InChI is InChI=1S/C15H13FO/c1-11(17)9-12-5-7-13(8-6-12)14-3-2-4-15(16)10-14/h2-8,10H,9H2,1H3. The third-order valence-electron chi connectivity index (χ3n) is 2.56. The first-order chi connectivity index (χ1) is 8.15. The molecule has 2 aromatic rings. The van der Waals surface area contributed by atoms with Gasteiger partial charge in [0.15, 0.2) is 0 Å². The minimum absolute atomic E-state index is 0.142. The Hall–Kier alpha value is -1.96. The van der Waals surface area contributed by atoms with Crippen LogP contribution >= 0.6 is 0 Å². The van der Waals surface area contributed by atoms with Crippen molar-refractivity contribution in [2.75, 3.05) is 0 Å². The van der Waals surface area contributed by atoms with Gasteiger partial charge in [0.25, 0.3) is 0 Å². The van der Waals surface area contributed by atoms with E-state index in [0.29, 0.717) is 6.42 Å². The largest absolute Gasteiger partial charge is 0.300 e. The van der Waals surface area contributed by atoms with Gasteiger partial charge in [-0.3, -0.25) is 4.79 Å². The van der Waals surface area contributed by atoms with Crippen LogP contribution in [0.25, 0.3) is 11.1 Å². The molecule has 2 rings (SSSR count). The molecule has 86 valence electrons. The van der Waals surface area contributed by atoms with Crippen LogP contribution in [0.5, 0.6) is 0 Å². The van der Waals surface area contributed by atoms with E-state index >= 15 is 0 Å². The molecular formula is C15H13FO. The maximum Gasteiger partial charge on any atom is 0.134 e. The Bertz CT molecular complexity index is 529. The molecule has 0 bridgehead atoms. The first-order valence-electron chi connectivity index (χ1n) is 5.49. The number of Topliss-reactive ketones (excluding diaryl/α,β-unsaturated/α-hetero) is 1. The van der Waals surface area contributed by atoms with Crippen LogP contribution in [0.3, 0.4) is 0 Å². The average Bonchev–Trinajstić information content (AvgIpc) is 2.29. The lowest BCUT2D eigenvalue weighted by atomic mass is 10.0. The molecular weight excluding hydrogens is 215 g/mol. The van der Waals surface area contributed by atoms with Crippen molar-refractivity contribution in [2.45, 2.75) is 13.3 Å². The highest BCUT2D eigenvalue weighted by Crippen LogP contribution is 2.20. The maximum atomic E-state index is 13.1. The summed E-state index contributed by atoms with van der Waals surface area (Å²) < 4.78 is 13.1. The van der Waals surface area contributed by atoms with Gasteiger partial charge < -0.3 is 0 Å². The molecule has 1 nitrogen and oxygen atoms in total. The molecule has 0 aliphatic carbocycles. The summed E-state index contributed by atoms with van der Waals surface area (Å²) in [4.78, 5) is 11.0. The first kappa shape index (κ1) is 11.5. The summed E-state index contributed by atoms with van der Waals surface area (Å²) in [6.45, 7) is 1.57. The van der Waals surface area contributed by atoms with E-state index in [4.69, 9.17) is 0 Å². The number of benzene rings is 2. The molecule has 0 aromatic heterocycles. The van der Waals surface area contributed by atoms with Gasteiger partial charge in [0.2, 0.25) is 0 Å². The number of carbonyl (C=O) groups is 1. The molecule has 2 heteroatoms. The highest BCUT2D eigenvalue weighted by molar-refractivity contribution is 5.78. The Morgan fingerprint density at radius 1 is 1.06 bits per heavy atom. The molecule has 0 unspecified atom stereocenters. The van der Waals surface area contributed by atoms with Crippen molar-refractivity contribution in [2.24, 2.45) is 0 Å². The van der Waals surface area contributed by atoms with Crippen molar-refractivity contribution in [3.05, 3.63) is 59.9 Å². The van der Waals surface area contributed by atoms with E-state index in [9.17, 15) is 9.18 Å². The van der Waals surface area contributed by atoms with Crippen LogP contribution in [0.2, 0.25) is 0 Å². The number of halogens is 1. The molecule has 0 amide bonds. The third kappa shape index (κ3) is 3.00. The van der Waals surface area contributed by atoms with E-state index in [1.807, 2.05) is 30.3 Å². The molecule has 0 heterocycles. The fourth-order valence-electron chi connectivity index (χ4n) is 1.77. The van der Waals surface area contributed by atoms with Crippen molar-refractivity contribution in [3.8, 4) is 11.1 Å². The summed E-state index contributed by atoms with van der Waals surface area (Å²) in [6.07, 6.45) is 0.448. The molecule has 0 spiro atoms. The van der Waals surface area contributed by atoms with Gasteiger partial charge in [-0.1, -0.05) is 36.4 Å². The normalized spacial score (nSPS) is 10.2. The summed E-state index contributed by atoms with van der Waals surface area (Å²) in [5.74, 6) is -0.0983. The second-order valence-corrected chi connectivity index (χ2v) is 4.09. The summed E-state index contributed by atoms with van der Waals surface area (Å²) in [5, 5.41) is 0. The molecule has 0 aliphatic rings. The topological polar surface area (TPSA) is 17.1 Å². The molecule has 0 N–H and O–H groups in total. The highest BCUT2D eigenvalue weighted by atomic mass is 19.1. The smallest absolute Gasteiger partial charge is 0.134 e. The van der Waals surface area contributed by atoms with E-state index in [1.54, 1.807) is 13.0 Å². The molecule has 0 saturated heterocycles. The zero-order chi connectivity index (χ0) is 12.3. The first-order valence-corrected chi connectivity index (χ1v) is 5.49. The minimum Gasteiger partial charge on any atom is -0.300 e. The summed E-state index contributed by atoms with van der Waals surface area (Å²) in [7, 11) is 0. The van der Waals surface area contributed by atoms with Gasteiger partial charge in [0.1, 0.15) is 11.6 Å². The number of carbonyl (C=O) groups excluding carboxylic acids is 1. The Kier molecular flexibility index (Phi) is 3.33. The predicted octanol–water partition coefficient (Wildman–Crippen LogP) is 3.62. The predicted molar refractivity (Wildman–Crippen MR) is 66.2 cm³/mol. The van der Waals surface area contributed by atoms with E-state index in [0.717, 1.165) is 16.7 Å². The van der Waals surface area contributed by atoms with Gasteiger partial charge in [-0.25, -0.2) is 4.39 Å². The lowest BCUT2D eigenvalue weighted by molar-refractivity contribution is -0.116. The van der Waals surface area contributed by atoms with Crippen LogP contribution in [0, 0.1) is 5.82 Å². The Balaban J connectivity index is 2.26. The fraction of sp³-hybridized carbons (Fsp3) is 0.133. The lowest BCUT2D eigenvalue weighted by Crippen LogP contribution is -1.95. The Morgan fingerprint density at radius 2 is 1.76 bits per heavy atom. The van der Waals surface area contributed by atoms with E-state index in [1.165, 1.54) is 12.1 Å². The van der Waals surface area contributed by atoms with E-state index in [2.05, 4.69) is 0 Å². The third-order valence-corrected chi connectivity index (χ3v) is 2.56. The molecule has 0 aliphatic heterocycles. The molecule has 0 fully saturated rings. The van der Waals surface area contributed by atoms with Crippen molar-refractivity contribution in [3.63, 3.8) is 0 Å². The minimum atomic E-state index is -0.240. The van der Waals surface area contributed by atoms with Gasteiger partial charge >= 0.3 is 0 Å². The number of ketones is 1. The second kappa shape index (κ2) is 4.91. The lowest BCUT2D eigenvalue weighted by Gasteiger charge is -2.03. The van der Waals surface area contributed by atoms with Crippen LogP contribution < -0.4 is 0 Å². The highest BCUT2D eigenvalue weighted by Gasteiger charge is 2.01. The van der Waals surface area contributed by atoms with Crippen molar-refractivity contribution in [1.29, 1.82) is 0 Å². The van der Waals surface area contributed by atoms with Gasteiger partial charge in [0.05, 0.1) is 0 Å². The zero-order valence-corrected chi connectivity index (χ0v) is 9.61. The van der Waals surface area contributed by atoms with Gasteiger partial charge in [0, 0.05) is 6.42 Å². The molecule has 0 radical (unpaired) electrons. The fourth-order valence-corrected chi connectivity index (χ4v) is 1.77. The van der Waals surface area contributed by atoms with Gasteiger partial charge in [-0.2, -0.15) is 0 Å². The Labute approximate surface area is 99.9 Å². The van der Waals surface area contributed by atoms with Gasteiger partial charge in [-0.15, -0.1) is 0 Å². The van der Waals surface area contributed by atoms with E-state index in [-0.39, 0.29) is 11.6 Å². The number of rotatable bonds is 3. The SMILES string of the molecule is CC(=O)Cc1ccc(-c2cccc(F)c2)cc1. The quantitative estimate of drug-likeness (QED) is 0.784. The summed E-state index contributed by atoms with van der Waals surface area (Å²) in [6, 6.07) is 14.1. The molecule has 17 heavy (non-hydrogen) atoms. The zero-order valence-electron chi connectivity index (χ0n) is 9.61. The molecule has 0 atom stereocenters. The van der Waals surface area contributed by atoms with Gasteiger partial charge in [-0.05, 0) is 35.7 Å². The van der Waals surface area contributed by atoms with Crippen molar-refractivity contribution >= 4 is 5.78 Å². The van der Waals surface area contributed by atoms with Crippen LogP contribution in [0.1, 0.15) is 12.5 Å². The van der Waals surface area contributed by atoms with Crippen molar-refractivity contribution < 1.29 is 9.18 Å². The summed E-state index contributed by atoms with van der Waals surface area (Å²) in [5.41, 5.74) is 2.79. The van der Waals surface area contributed by atoms with Crippen LogP contribution in [0.15, 0.2) is 48.5 Å². The monoisotopic (exact) mass is 228 g/mol. The van der Waals surface area contributed by atoms with Crippen LogP contribution in [0.4, 0.5) is 4.39 Å². The van der Waals surface area contributed by atoms with E-state index < -0.39 is 0 Å². The molecule has 0 saturated carbocycles. The van der Waals surface area contributed by atoms with Crippen LogP contribution in [-0.4, -0.2) is 5.78 Å². The average molecular weight is 228 g/mol. The second-order valence-electron chi connectivity index (χ2n) is 4.09. The van der Waals surface area contributed by atoms with Crippen molar-refractivity contribution in [1.82, 2.24) is 0 Å². The van der Waals surface area contributed by atoms with Crippen LogP contribution in [-0.2, 0) is 11.2 Å².